The van der Waals surface area contributed by atoms with Crippen LogP contribution in [-0.2, 0) is 14.3 Å². The van der Waals surface area contributed by atoms with E-state index >= 15 is 0 Å². The van der Waals surface area contributed by atoms with Crippen LogP contribution < -0.4 is 0 Å². The molecule has 156 valence electrons. The molecule has 1 heterocycles. The number of Topliss-reactive ketones (excluding diaryl/α,β-unsaturated/α-hetero) is 1. The van der Waals surface area contributed by atoms with Gasteiger partial charge in [0, 0.05) is 23.7 Å². The number of ether oxygens (including phenoxy) is 2. The van der Waals surface area contributed by atoms with Crippen molar-refractivity contribution in [2.24, 2.45) is 22.7 Å². The molecule has 0 radical (unpaired) electrons. The van der Waals surface area contributed by atoms with Crippen molar-refractivity contribution in [2.75, 3.05) is 0 Å². The average Bonchev–Trinajstić information content (AvgIpc) is 2.90. The Morgan fingerprint density at radius 3 is 2.39 bits per heavy atom. The Morgan fingerprint density at radius 1 is 1.11 bits per heavy atom. The van der Waals surface area contributed by atoms with Crippen LogP contribution in [0.3, 0.4) is 0 Å². The fraction of sp³-hybridized carbons (Fsp3) is 0.783. The molecule has 5 heteroatoms. The first-order valence-corrected chi connectivity index (χ1v) is 10.5. The Kier molecular flexibility index (Phi) is 4.35. The molecule has 0 amide bonds. The number of carbonyl (C=O) groups is 1. The molecule has 4 aliphatic rings. The minimum absolute atomic E-state index is 0.0657. The van der Waals surface area contributed by atoms with Crippen molar-refractivity contribution in [3.05, 3.63) is 23.3 Å². The quantitative estimate of drug-likeness (QED) is 0.622. The van der Waals surface area contributed by atoms with E-state index in [1.807, 2.05) is 20.8 Å². The van der Waals surface area contributed by atoms with Gasteiger partial charge in [-0.05, 0) is 55.7 Å². The van der Waals surface area contributed by atoms with Gasteiger partial charge < -0.3 is 19.7 Å². The predicted molar refractivity (Wildman–Crippen MR) is 105 cm³/mol. The maximum absolute atomic E-state index is 12.9. The van der Waals surface area contributed by atoms with Crippen molar-refractivity contribution in [3.8, 4) is 0 Å². The Bertz CT molecular complexity index is 763. The molecule has 4 rings (SSSR count). The molecule has 3 aliphatic carbocycles. The fourth-order valence-electron chi connectivity index (χ4n) is 6.60. The predicted octanol–water partition coefficient (Wildman–Crippen LogP) is 3.15. The summed E-state index contributed by atoms with van der Waals surface area (Å²) in [7, 11) is 0. The lowest BCUT2D eigenvalue weighted by Crippen LogP contribution is -2.61. The van der Waals surface area contributed by atoms with Crippen LogP contribution in [-0.4, -0.2) is 46.2 Å². The Labute approximate surface area is 167 Å². The molecule has 5 nitrogen and oxygen atoms in total. The third-order valence-corrected chi connectivity index (χ3v) is 8.13. The van der Waals surface area contributed by atoms with Crippen molar-refractivity contribution in [1.29, 1.82) is 0 Å². The molecule has 0 unspecified atom stereocenters. The molecule has 2 saturated carbocycles. The van der Waals surface area contributed by atoms with E-state index in [0.717, 1.165) is 11.1 Å². The maximum Gasteiger partial charge on any atom is 0.164 e. The monoisotopic (exact) mass is 390 g/mol. The summed E-state index contributed by atoms with van der Waals surface area (Å²) in [5.74, 6) is -1.32. The number of allylic oxidation sites excluding steroid dienone is 1. The SMILES string of the molecule is C=C1[C@@H](O)CC[C@@]2(C)[C@H]3OC(C)(C)O[C@@H]3C3=C(C)C(=O)C[C@@H]([C@@H](O)[C@H]12)C3(C)C. The molecule has 3 fully saturated rings. The maximum atomic E-state index is 12.9. The van der Waals surface area contributed by atoms with Crippen LogP contribution in [0.4, 0.5) is 0 Å². The lowest BCUT2D eigenvalue weighted by molar-refractivity contribution is -0.170. The minimum Gasteiger partial charge on any atom is -0.392 e. The van der Waals surface area contributed by atoms with Gasteiger partial charge in [-0.3, -0.25) is 4.79 Å². The Morgan fingerprint density at radius 2 is 1.75 bits per heavy atom. The molecule has 2 N–H and O–H groups in total. The van der Waals surface area contributed by atoms with E-state index in [0.29, 0.717) is 24.8 Å². The van der Waals surface area contributed by atoms with Gasteiger partial charge in [0.1, 0.15) is 6.10 Å². The van der Waals surface area contributed by atoms with Gasteiger partial charge in [0.05, 0.1) is 18.3 Å². The molecule has 7 atom stereocenters. The lowest BCUT2D eigenvalue weighted by atomic mass is 9.49. The van der Waals surface area contributed by atoms with Gasteiger partial charge in [-0.1, -0.05) is 27.4 Å². The summed E-state index contributed by atoms with van der Waals surface area (Å²) < 4.78 is 12.9. The molecule has 28 heavy (non-hydrogen) atoms. The topological polar surface area (TPSA) is 76.0 Å². The number of aliphatic hydroxyl groups excluding tert-OH is 2. The van der Waals surface area contributed by atoms with E-state index < -0.39 is 28.8 Å². The smallest absolute Gasteiger partial charge is 0.164 e. The van der Waals surface area contributed by atoms with Crippen molar-refractivity contribution in [3.63, 3.8) is 0 Å². The molecule has 1 saturated heterocycles. The summed E-state index contributed by atoms with van der Waals surface area (Å²) in [6.45, 7) is 16.2. The van der Waals surface area contributed by atoms with Gasteiger partial charge >= 0.3 is 0 Å². The zero-order valence-corrected chi connectivity index (χ0v) is 17.9. The molecule has 1 aliphatic heterocycles. The van der Waals surface area contributed by atoms with E-state index in [-0.39, 0.29) is 29.8 Å². The van der Waals surface area contributed by atoms with Gasteiger partial charge in [0.25, 0.3) is 0 Å². The minimum atomic E-state index is -0.783. The van der Waals surface area contributed by atoms with Crippen LogP contribution in [0.15, 0.2) is 23.3 Å². The second-order valence-electron chi connectivity index (χ2n) is 10.6. The summed E-state index contributed by atoms with van der Waals surface area (Å²) in [6, 6.07) is 0. The zero-order chi connectivity index (χ0) is 20.8. The van der Waals surface area contributed by atoms with Gasteiger partial charge in [0.15, 0.2) is 11.6 Å². The Balaban J connectivity index is 1.98. The van der Waals surface area contributed by atoms with E-state index in [4.69, 9.17) is 9.47 Å². The van der Waals surface area contributed by atoms with Gasteiger partial charge in [-0.15, -0.1) is 0 Å². The highest BCUT2D eigenvalue weighted by Gasteiger charge is 2.64. The van der Waals surface area contributed by atoms with E-state index in [1.54, 1.807) is 0 Å². The van der Waals surface area contributed by atoms with Gasteiger partial charge in [-0.2, -0.15) is 0 Å². The first kappa shape index (κ1) is 20.3. The van der Waals surface area contributed by atoms with Crippen LogP contribution in [0, 0.1) is 22.7 Å². The molecular weight excluding hydrogens is 356 g/mol. The number of fused-ring (bicyclic) bond motifs is 6. The molecule has 2 bridgehead atoms. The molecular formula is C23H34O5. The van der Waals surface area contributed by atoms with Gasteiger partial charge in [0.2, 0.25) is 0 Å². The summed E-state index contributed by atoms with van der Waals surface area (Å²) in [5.41, 5.74) is 1.52. The molecule has 0 aromatic rings. The summed E-state index contributed by atoms with van der Waals surface area (Å²) in [4.78, 5) is 12.9. The fourth-order valence-corrected chi connectivity index (χ4v) is 6.60. The van der Waals surface area contributed by atoms with E-state index in [1.165, 1.54) is 0 Å². The zero-order valence-electron chi connectivity index (χ0n) is 17.9. The number of aliphatic hydroxyl groups is 2. The third kappa shape index (κ3) is 2.56. The normalized spacial score (nSPS) is 47.3. The average molecular weight is 391 g/mol. The number of hydrogen-bond acceptors (Lipinski definition) is 5. The van der Waals surface area contributed by atoms with Crippen LogP contribution in [0.25, 0.3) is 0 Å². The van der Waals surface area contributed by atoms with Crippen molar-refractivity contribution in [1.82, 2.24) is 0 Å². The summed E-state index contributed by atoms with van der Waals surface area (Å²) in [6.07, 6.45) is -0.467. The van der Waals surface area contributed by atoms with Crippen molar-refractivity contribution >= 4 is 5.78 Å². The molecule has 0 spiro atoms. The van der Waals surface area contributed by atoms with Crippen molar-refractivity contribution in [2.45, 2.75) is 91.0 Å². The van der Waals surface area contributed by atoms with Crippen LogP contribution in [0.1, 0.15) is 60.8 Å². The Hall–Kier alpha value is -1.01. The number of ketones is 1. The summed E-state index contributed by atoms with van der Waals surface area (Å²) in [5, 5.41) is 22.2. The number of carbonyl (C=O) groups excluding carboxylic acids is 1. The first-order valence-electron chi connectivity index (χ1n) is 10.5. The largest absolute Gasteiger partial charge is 0.392 e. The highest BCUT2D eigenvalue weighted by Crippen LogP contribution is 2.61. The number of rotatable bonds is 0. The second kappa shape index (κ2) is 6.00. The first-order chi connectivity index (χ1) is 12.8. The standard InChI is InChI=1S/C23H34O5/c1-11-14(24)8-9-23(7)16(11)18(26)13-10-15(25)12(2)17(21(13,3)4)19-20(23)28-22(5,6)27-19/h13-14,16,18-20,24,26H,1,8-10H2,2-7H3/t13-,14-,16-,18+,19+,20-,23+/m0/s1. The highest BCUT2D eigenvalue weighted by atomic mass is 16.8. The molecule has 0 aromatic carbocycles. The second-order valence-corrected chi connectivity index (χ2v) is 10.6. The van der Waals surface area contributed by atoms with E-state index in [9.17, 15) is 15.0 Å². The lowest BCUT2D eigenvalue weighted by Gasteiger charge is -2.57. The van der Waals surface area contributed by atoms with Crippen LogP contribution >= 0.6 is 0 Å². The third-order valence-electron chi connectivity index (χ3n) is 8.13. The van der Waals surface area contributed by atoms with Crippen LogP contribution in [0.5, 0.6) is 0 Å². The highest BCUT2D eigenvalue weighted by molar-refractivity contribution is 5.97. The number of hydrogen-bond donors (Lipinski definition) is 2. The summed E-state index contributed by atoms with van der Waals surface area (Å²) >= 11 is 0. The van der Waals surface area contributed by atoms with Gasteiger partial charge in [-0.25, -0.2) is 0 Å². The van der Waals surface area contributed by atoms with Crippen LogP contribution in [0.2, 0.25) is 0 Å². The van der Waals surface area contributed by atoms with Crippen molar-refractivity contribution < 1.29 is 24.5 Å². The molecule has 0 aromatic heterocycles. The van der Waals surface area contributed by atoms with E-state index in [2.05, 4.69) is 27.4 Å².